The minimum atomic E-state index is -0.340. The summed E-state index contributed by atoms with van der Waals surface area (Å²) in [6, 6.07) is 0.327. The third-order valence-electron chi connectivity index (χ3n) is 4.97. The maximum Gasteiger partial charge on any atom is 0.498 e. The average Bonchev–Trinajstić information content (AvgIpc) is 2.89. The Balaban J connectivity index is 1.82. The van der Waals surface area contributed by atoms with Crippen molar-refractivity contribution in [1.29, 1.82) is 0 Å². The van der Waals surface area contributed by atoms with Crippen molar-refractivity contribution >= 4 is 12.6 Å². The molecule has 0 aliphatic carbocycles. The fourth-order valence-corrected chi connectivity index (χ4v) is 2.82. The summed E-state index contributed by atoms with van der Waals surface area (Å²) in [6.45, 7) is 11.9. The summed E-state index contributed by atoms with van der Waals surface area (Å²) >= 11 is 0. The van der Waals surface area contributed by atoms with Crippen molar-refractivity contribution in [2.75, 3.05) is 13.2 Å². The van der Waals surface area contributed by atoms with E-state index < -0.39 is 0 Å². The quantitative estimate of drug-likeness (QED) is 0.780. The smallest absolute Gasteiger partial charge is 0.399 e. The van der Waals surface area contributed by atoms with Gasteiger partial charge in [-0.05, 0) is 47.5 Å². The van der Waals surface area contributed by atoms with Gasteiger partial charge in [-0.1, -0.05) is 0 Å². The lowest BCUT2D eigenvalue weighted by Crippen LogP contribution is -2.41. The molecule has 0 N–H and O–H groups in total. The SMILES string of the molecule is Cc1nn(C2CCCOC2)cc1B1OC(C)(C)C(C)(C)O1. The van der Waals surface area contributed by atoms with Crippen LogP contribution in [0.5, 0.6) is 0 Å². The third kappa shape index (κ3) is 2.65. The highest BCUT2D eigenvalue weighted by Gasteiger charge is 2.52. The normalized spacial score (nSPS) is 28.0. The van der Waals surface area contributed by atoms with Gasteiger partial charge < -0.3 is 14.0 Å². The Morgan fingerprint density at radius 1 is 1.24 bits per heavy atom. The lowest BCUT2D eigenvalue weighted by molar-refractivity contribution is 0.00578. The molecule has 0 spiro atoms. The molecule has 21 heavy (non-hydrogen) atoms. The molecule has 1 aromatic heterocycles. The molecule has 2 aliphatic heterocycles. The second-order valence-corrected chi connectivity index (χ2v) is 7.11. The van der Waals surface area contributed by atoms with Crippen molar-refractivity contribution in [3.05, 3.63) is 11.9 Å². The van der Waals surface area contributed by atoms with Crippen LogP contribution in [0.3, 0.4) is 0 Å². The molecular formula is C15H25BN2O3. The van der Waals surface area contributed by atoms with Crippen LogP contribution in [0.4, 0.5) is 0 Å². The van der Waals surface area contributed by atoms with Gasteiger partial charge in [-0.15, -0.1) is 0 Å². The largest absolute Gasteiger partial charge is 0.498 e. The Labute approximate surface area is 127 Å². The van der Waals surface area contributed by atoms with E-state index in [0.717, 1.165) is 37.2 Å². The molecule has 1 unspecified atom stereocenters. The summed E-state index contributed by atoms with van der Waals surface area (Å²) in [5, 5.41) is 4.65. The number of aryl methyl sites for hydroxylation is 1. The van der Waals surface area contributed by atoms with E-state index in [1.165, 1.54) is 0 Å². The van der Waals surface area contributed by atoms with E-state index in [4.69, 9.17) is 14.0 Å². The van der Waals surface area contributed by atoms with Crippen molar-refractivity contribution in [3.63, 3.8) is 0 Å². The summed E-state index contributed by atoms with van der Waals surface area (Å²) in [5.74, 6) is 0. The van der Waals surface area contributed by atoms with Gasteiger partial charge in [0.05, 0.1) is 29.5 Å². The Hall–Kier alpha value is -0.845. The maximum atomic E-state index is 6.12. The summed E-state index contributed by atoms with van der Waals surface area (Å²) in [6.07, 6.45) is 4.27. The van der Waals surface area contributed by atoms with Crippen molar-refractivity contribution in [3.8, 4) is 0 Å². The van der Waals surface area contributed by atoms with E-state index in [2.05, 4.69) is 39.0 Å². The average molecular weight is 292 g/mol. The van der Waals surface area contributed by atoms with Crippen LogP contribution >= 0.6 is 0 Å². The second-order valence-electron chi connectivity index (χ2n) is 7.11. The zero-order valence-corrected chi connectivity index (χ0v) is 13.7. The van der Waals surface area contributed by atoms with Crippen LogP contribution in [-0.4, -0.2) is 41.3 Å². The molecule has 116 valence electrons. The Kier molecular flexibility index (Phi) is 3.67. The van der Waals surface area contributed by atoms with Gasteiger partial charge in [-0.25, -0.2) is 0 Å². The first-order valence-electron chi connectivity index (χ1n) is 7.79. The molecule has 0 aromatic carbocycles. The summed E-state index contributed by atoms with van der Waals surface area (Å²) in [7, 11) is -0.340. The van der Waals surface area contributed by atoms with Crippen LogP contribution in [0.25, 0.3) is 0 Å². The van der Waals surface area contributed by atoms with Crippen molar-refractivity contribution < 1.29 is 14.0 Å². The van der Waals surface area contributed by atoms with E-state index in [1.807, 2.05) is 11.6 Å². The molecule has 2 aliphatic rings. The van der Waals surface area contributed by atoms with Crippen LogP contribution in [0.1, 0.15) is 52.3 Å². The predicted molar refractivity (Wildman–Crippen MR) is 81.8 cm³/mol. The first kappa shape index (κ1) is 15.1. The molecule has 2 saturated heterocycles. The Morgan fingerprint density at radius 2 is 1.90 bits per heavy atom. The number of hydrogen-bond acceptors (Lipinski definition) is 4. The number of nitrogens with zero attached hydrogens (tertiary/aromatic N) is 2. The lowest BCUT2D eigenvalue weighted by Gasteiger charge is -2.32. The van der Waals surface area contributed by atoms with Crippen LogP contribution in [0, 0.1) is 6.92 Å². The summed E-state index contributed by atoms with van der Waals surface area (Å²) < 4.78 is 19.8. The van der Waals surface area contributed by atoms with E-state index in [1.54, 1.807) is 0 Å². The second kappa shape index (κ2) is 5.11. The van der Waals surface area contributed by atoms with Gasteiger partial charge in [-0.2, -0.15) is 5.10 Å². The minimum absolute atomic E-state index is 0.319. The monoisotopic (exact) mass is 292 g/mol. The van der Waals surface area contributed by atoms with Crippen LogP contribution in [-0.2, 0) is 14.0 Å². The molecule has 3 rings (SSSR count). The molecule has 0 saturated carbocycles. The number of rotatable bonds is 2. The van der Waals surface area contributed by atoms with Crippen molar-refractivity contribution in [1.82, 2.24) is 9.78 Å². The fraction of sp³-hybridized carbons (Fsp3) is 0.800. The fourth-order valence-electron chi connectivity index (χ4n) is 2.82. The van der Waals surface area contributed by atoms with Gasteiger partial charge in [0, 0.05) is 18.3 Å². The Morgan fingerprint density at radius 3 is 2.48 bits per heavy atom. The molecule has 0 bridgehead atoms. The van der Waals surface area contributed by atoms with Crippen molar-refractivity contribution in [2.45, 2.75) is 64.7 Å². The van der Waals surface area contributed by atoms with E-state index >= 15 is 0 Å². The first-order chi connectivity index (χ1) is 9.80. The molecule has 0 amide bonds. The zero-order chi connectivity index (χ0) is 15.3. The minimum Gasteiger partial charge on any atom is -0.399 e. The summed E-state index contributed by atoms with van der Waals surface area (Å²) in [4.78, 5) is 0. The lowest BCUT2D eigenvalue weighted by atomic mass is 9.79. The predicted octanol–water partition coefficient (Wildman–Crippen LogP) is 1.84. The van der Waals surface area contributed by atoms with Crippen LogP contribution in [0.2, 0.25) is 0 Å². The molecule has 0 radical (unpaired) electrons. The number of aromatic nitrogens is 2. The van der Waals surface area contributed by atoms with E-state index in [-0.39, 0.29) is 18.3 Å². The standard InChI is InChI=1S/C15H25BN2O3/c1-11-13(16-20-14(2,3)15(4,5)21-16)9-18(17-11)12-7-6-8-19-10-12/h9,12H,6-8,10H2,1-5H3. The molecule has 3 heterocycles. The number of hydrogen-bond donors (Lipinski definition) is 0. The highest BCUT2D eigenvalue weighted by Crippen LogP contribution is 2.36. The topological polar surface area (TPSA) is 45.5 Å². The van der Waals surface area contributed by atoms with Crippen LogP contribution < -0.4 is 5.46 Å². The molecular weight excluding hydrogens is 267 g/mol. The summed E-state index contributed by atoms with van der Waals surface area (Å²) in [5.41, 5.74) is 1.36. The maximum absolute atomic E-state index is 6.12. The van der Waals surface area contributed by atoms with Gasteiger partial charge in [0.2, 0.25) is 0 Å². The van der Waals surface area contributed by atoms with E-state index in [0.29, 0.717) is 6.04 Å². The van der Waals surface area contributed by atoms with Crippen LogP contribution in [0.15, 0.2) is 6.20 Å². The first-order valence-corrected chi connectivity index (χ1v) is 7.79. The van der Waals surface area contributed by atoms with Gasteiger partial charge in [0.25, 0.3) is 0 Å². The van der Waals surface area contributed by atoms with Gasteiger partial charge in [0.1, 0.15) is 0 Å². The number of ether oxygens (including phenoxy) is 1. The van der Waals surface area contributed by atoms with Gasteiger partial charge >= 0.3 is 7.12 Å². The van der Waals surface area contributed by atoms with Gasteiger partial charge in [0.15, 0.2) is 0 Å². The molecule has 5 nitrogen and oxygen atoms in total. The zero-order valence-electron chi connectivity index (χ0n) is 13.7. The highest BCUT2D eigenvalue weighted by molar-refractivity contribution is 6.62. The van der Waals surface area contributed by atoms with Gasteiger partial charge in [-0.3, -0.25) is 4.68 Å². The molecule has 2 fully saturated rings. The highest BCUT2D eigenvalue weighted by atomic mass is 16.7. The molecule has 6 heteroatoms. The Bertz CT molecular complexity index is 505. The molecule has 1 atom stereocenters. The molecule has 1 aromatic rings. The van der Waals surface area contributed by atoms with Crippen molar-refractivity contribution in [2.24, 2.45) is 0 Å². The van der Waals surface area contributed by atoms with E-state index in [9.17, 15) is 0 Å². The third-order valence-corrected chi connectivity index (χ3v) is 4.97.